The molecule has 0 bridgehead atoms. The first-order valence-electron chi connectivity index (χ1n) is 11.2. The summed E-state index contributed by atoms with van der Waals surface area (Å²) in [7, 11) is 0. The van der Waals surface area contributed by atoms with Crippen LogP contribution in [0.2, 0.25) is 0 Å². The van der Waals surface area contributed by atoms with Crippen molar-refractivity contribution in [2.24, 2.45) is 11.3 Å². The number of hydrogen-bond donors (Lipinski definition) is 0. The molecule has 0 amide bonds. The van der Waals surface area contributed by atoms with Gasteiger partial charge in [0.1, 0.15) is 6.17 Å². The zero-order chi connectivity index (χ0) is 19.2. The van der Waals surface area contributed by atoms with Crippen molar-refractivity contribution in [3.63, 3.8) is 0 Å². The highest BCUT2D eigenvalue weighted by Crippen LogP contribution is 2.50. The van der Waals surface area contributed by atoms with Gasteiger partial charge in [-0.2, -0.15) is 0 Å². The van der Waals surface area contributed by atoms with Crippen LogP contribution < -0.4 is 4.90 Å². The lowest BCUT2D eigenvalue weighted by Crippen LogP contribution is -2.52. The largest absolute Gasteiger partial charge is 0.349 e. The third-order valence-electron chi connectivity index (χ3n) is 7.13. The van der Waals surface area contributed by atoms with E-state index in [2.05, 4.69) is 68.7 Å². The van der Waals surface area contributed by atoms with Crippen molar-refractivity contribution in [1.29, 1.82) is 0 Å². The molecule has 0 spiro atoms. The van der Waals surface area contributed by atoms with Gasteiger partial charge in [-0.3, -0.25) is 0 Å². The molecule has 0 N–H and O–H groups in total. The maximum absolute atomic E-state index is 2.92. The van der Waals surface area contributed by atoms with E-state index in [1.54, 1.807) is 5.70 Å². The molecule has 1 heterocycles. The van der Waals surface area contributed by atoms with Crippen LogP contribution in [-0.2, 0) is 0 Å². The van der Waals surface area contributed by atoms with E-state index < -0.39 is 0 Å². The van der Waals surface area contributed by atoms with Gasteiger partial charge in [-0.05, 0) is 51.2 Å². The summed E-state index contributed by atoms with van der Waals surface area (Å²) in [5.74, 6) is 0.768. The quantitative estimate of drug-likeness (QED) is 0.577. The van der Waals surface area contributed by atoms with E-state index in [-0.39, 0.29) is 5.41 Å². The smallest absolute Gasteiger partial charge is 0.111 e. The molecule has 1 unspecified atom stereocenters. The minimum atomic E-state index is 0.201. The number of allylic oxidation sites excluding steroid dienone is 2. The Bertz CT molecular complexity index is 699. The average Bonchev–Trinajstić information content (AvgIpc) is 3.34. The molecule has 148 valence electrons. The van der Waals surface area contributed by atoms with Gasteiger partial charge in [0.25, 0.3) is 0 Å². The molecule has 3 aliphatic rings. The molecule has 2 heteroatoms. The maximum Gasteiger partial charge on any atom is 0.111 e. The fourth-order valence-electron chi connectivity index (χ4n) is 5.98. The minimum Gasteiger partial charge on any atom is -0.349 e. The van der Waals surface area contributed by atoms with E-state index in [0.29, 0.717) is 6.17 Å². The zero-order valence-electron chi connectivity index (χ0n) is 18.1. The van der Waals surface area contributed by atoms with Crippen LogP contribution in [0.15, 0.2) is 35.7 Å². The Morgan fingerprint density at radius 2 is 1.44 bits per heavy atom. The summed E-state index contributed by atoms with van der Waals surface area (Å²) in [6, 6.07) is 9.72. The Morgan fingerprint density at radius 1 is 0.852 bits per heavy atom. The second-order valence-electron chi connectivity index (χ2n) is 10.2. The van der Waals surface area contributed by atoms with E-state index in [9.17, 15) is 0 Å². The topological polar surface area (TPSA) is 6.48 Å². The summed E-state index contributed by atoms with van der Waals surface area (Å²) in [5, 5.41) is 0. The monoisotopic (exact) mass is 366 g/mol. The minimum absolute atomic E-state index is 0.201. The van der Waals surface area contributed by atoms with Gasteiger partial charge in [-0.15, -0.1) is 0 Å². The second kappa shape index (κ2) is 7.18. The summed E-state index contributed by atoms with van der Waals surface area (Å²) in [5.41, 5.74) is 6.23. The predicted molar refractivity (Wildman–Crippen MR) is 116 cm³/mol. The third-order valence-corrected chi connectivity index (χ3v) is 7.13. The molecule has 2 saturated carbocycles. The lowest BCUT2D eigenvalue weighted by molar-refractivity contribution is 0.102. The standard InChI is InChI=1S/C25H38N2/c1-18-12-6-11-17-22(18)26-19(2)23(20-13-7-8-14-20)27(21-15-9-10-16-21)24(26)25(3,4)5/h6,11-12,17,20-21,24H,7-10,13-16H2,1-5H3. The van der Waals surface area contributed by atoms with Crippen LogP contribution in [0.5, 0.6) is 0 Å². The molecule has 0 aromatic heterocycles. The van der Waals surface area contributed by atoms with Gasteiger partial charge in [-0.25, -0.2) is 0 Å². The molecule has 4 rings (SSSR count). The van der Waals surface area contributed by atoms with Crippen LogP contribution >= 0.6 is 0 Å². The molecular formula is C25H38N2. The highest BCUT2D eigenvalue weighted by atomic mass is 15.4. The molecule has 2 fully saturated rings. The molecule has 0 saturated heterocycles. The van der Waals surface area contributed by atoms with Crippen molar-refractivity contribution >= 4 is 5.69 Å². The molecule has 1 atom stereocenters. The van der Waals surface area contributed by atoms with Crippen molar-refractivity contribution in [1.82, 2.24) is 4.90 Å². The number of aryl methyl sites for hydroxylation is 1. The molecular weight excluding hydrogens is 328 g/mol. The number of para-hydroxylation sites is 1. The van der Waals surface area contributed by atoms with Gasteiger partial charge < -0.3 is 9.80 Å². The molecule has 1 aromatic carbocycles. The first-order chi connectivity index (χ1) is 12.9. The SMILES string of the molecule is CC1=C(C2CCCC2)N(C2CCCC2)C(C(C)(C)C)N1c1ccccc1C. The first kappa shape index (κ1) is 18.9. The van der Waals surface area contributed by atoms with Crippen molar-refractivity contribution in [2.75, 3.05) is 4.90 Å². The van der Waals surface area contributed by atoms with Gasteiger partial charge in [0.05, 0.1) is 0 Å². The second-order valence-corrected chi connectivity index (χ2v) is 10.2. The summed E-state index contributed by atoms with van der Waals surface area (Å²) in [6.45, 7) is 12.0. The van der Waals surface area contributed by atoms with Crippen LogP contribution in [0, 0.1) is 18.3 Å². The van der Waals surface area contributed by atoms with Crippen LogP contribution in [0.1, 0.15) is 84.6 Å². The van der Waals surface area contributed by atoms with Gasteiger partial charge in [0.2, 0.25) is 0 Å². The molecule has 0 radical (unpaired) electrons. The van der Waals surface area contributed by atoms with Crippen LogP contribution in [0.3, 0.4) is 0 Å². The van der Waals surface area contributed by atoms with Crippen LogP contribution in [0.25, 0.3) is 0 Å². The lowest BCUT2D eigenvalue weighted by atomic mass is 9.88. The van der Waals surface area contributed by atoms with Gasteiger partial charge in [0, 0.05) is 34.5 Å². The average molecular weight is 367 g/mol. The summed E-state index contributed by atoms with van der Waals surface area (Å²) >= 11 is 0. The highest BCUT2D eigenvalue weighted by Gasteiger charge is 2.48. The Hall–Kier alpha value is -1.44. The number of anilines is 1. The van der Waals surface area contributed by atoms with E-state index >= 15 is 0 Å². The number of rotatable bonds is 3. The van der Waals surface area contributed by atoms with E-state index in [0.717, 1.165) is 12.0 Å². The Morgan fingerprint density at radius 3 is 2.04 bits per heavy atom. The van der Waals surface area contributed by atoms with Crippen molar-refractivity contribution in [2.45, 2.75) is 98.2 Å². The van der Waals surface area contributed by atoms with Crippen LogP contribution in [0.4, 0.5) is 5.69 Å². The fraction of sp³-hybridized carbons (Fsp3) is 0.680. The van der Waals surface area contributed by atoms with E-state index in [4.69, 9.17) is 0 Å². The fourth-order valence-corrected chi connectivity index (χ4v) is 5.98. The summed E-state index contributed by atoms with van der Waals surface area (Å²) < 4.78 is 0. The normalized spacial score (nSPS) is 25.3. The van der Waals surface area contributed by atoms with Crippen molar-refractivity contribution in [3.8, 4) is 0 Å². The zero-order valence-corrected chi connectivity index (χ0v) is 18.1. The van der Waals surface area contributed by atoms with E-state index in [1.807, 2.05) is 0 Å². The number of hydrogen-bond acceptors (Lipinski definition) is 2. The predicted octanol–water partition coefficient (Wildman–Crippen LogP) is 6.85. The van der Waals surface area contributed by atoms with Crippen molar-refractivity contribution in [3.05, 3.63) is 41.2 Å². The number of nitrogens with zero attached hydrogens (tertiary/aromatic N) is 2. The Balaban J connectivity index is 1.86. The van der Waals surface area contributed by atoms with Gasteiger partial charge in [0.15, 0.2) is 0 Å². The Kier molecular flexibility index (Phi) is 5.03. The molecule has 2 aliphatic carbocycles. The molecule has 1 aliphatic heterocycles. The van der Waals surface area contributed by atoms with Gasteiger partial charge >= 0.3 is 0 Å². The molecule has 2 nitrogen and oxygen atoms in total. The van der Waals surface area contributed by atoms with Crippen molar-refractivity contribution < 1.29 is 0 Å². The maximum atomic E-state index is 2.92. The third kappa shape index (κ3) is 3.30. The highest BCUT2D eigenvalue weighted by molar-refractivity contribution is 5.61. The lowest BCUT2D eigenvalue weighted by Gasteiger charge is -2.46. The first-order valence-corrected chi connectivity index (χ1v) is 11.2. The molecule has 27 heavy (non-hydrogen) atoms. The Labute approximate surface area is 166 Å². The number of benzene rings is 1. The molecule has 1 aromatic rings. The van der Waals surface area contributed by atoms with Crippen LogP contribution in [-0.4, -0.2) is 17.1 Å². The summed E-state index contributed by atoms with van der Waals surface area (Å²) in [6.07, 6.45) is 11.6. The summed E-state index contributed by atoms with van der Waals surface area (Å²) in [4.78, 5) is 5.63. The van der Waals surface area contributed by atoms with Gasteiger partial charge in [-0.1, -0.05) is 64.7 Å². The van der Waals surface area contributed by atoms with E-state index in [1.165, 1.54) is 68.3 Å².